The normalized spacial score (nSPS) is 35.4. The first kappa shape index (κ1) is 14.7. The van der Waals surface area contributed by atoms with Crippen LogP contribution in [0, 0.1) is 0 Å². The molecule has 0 saturated carbocycles. The number of hydrogen-bond acceptors (Lipinski definition) is 2. The second kappa shape index (κ2) is 4.12. The van der Waals surface area contributed by atoms with Crippen LogP contribution in [0.1, 0.15) is 12.8 Å². The third kappa shape index (κ3) is 1.80. The second-order valence-corrected chi connectivity index (χ2v) is 11.3. The molecular formula is C13H19F3O2Si. The van der Waals surface area contributed by atoms with E-state index in [9.17, 15) is 13.2 Å². The summed E-state index contributed by atoms with van der Waals surface area (Å²) >= 11 is 0. The van der Waals surface area contributed by atoms with Crippen LogP contribution in [0.4, 0.5) is 13.2 Å². The summed E-state index contributed by atoms with van der Waals surface area (Å²) in [6.07, 6.45) is -0.320. The van der Waals surface area contributed by atoms with Crippen LogP contribution in [0.25, 0.3) is 0 Å². The van der Waals surface area contributed by atoms with E-state index >= 15 is 0 Å². The average molecular weight is 292 g/mol. The molecule has 2 nitrogen and oxygen atoms in total. The topological polar surface area (TPSA) is 21.8 Å². The van der Waals surface area contributed by atoms with Gasteiger partial charge in [0.25, 0.3) is 5.60 Å². The minimum Gasteiger partial charge on any atom is -0.495 e. The van der Waals surface area contributed by atoms with Gasteiger partial charge in [0, 0.05) is 0 Å². The van der Waals surface area contributed by atoms with E-state index in [1.807, 2.05) is 19.6 Å². The first-order chi connectivity index (χ1) is 8.62. The Morgan fingerprint density at radius 2 is 2.00 bits per heavy atom. The highest BCUT2D eigenvalue weighted by Crippen LogP contribution is 2.66. The number of hydrogen-bond donors (Lipinski definition) is 0. The third-order valence-corrected chi connectivity index (χ3v) is 6.77. The van der Waals surface area contributed by atoms with Crippen LogP contribution in [0.15, 0.2) is 24.5 Å². The molecule has 108 valence electrons. The summed E-state index contributed by atoms with van der Waals surface area (Å²) in [4.78, 5) is 0. The lowest BCUT2D eigenvalue weighted by molar-refractivity contribution is -0.183. The molecule has 0 amide bonds. The summed E-state index contributed by atoms with van der Waals surface area (Å²) in [7, 11) is -2.28. The zero-order chi connectivity index (χ0) is 14.5. The molecule has 0 unspecified atom stereocenters. The third-order valence-electron chi connectivity index (χ3n) is 3.88. The van der Waals surface area contributed by atoms with Crippen LogP contribution < -0.4 is 0 Å². The van der Waals surface area contributed by atoms with Crippen molar-refractivity contribution in [1.29, 1.82) is 0 Å². The summed E-state index contributed by atoms with van der Waals surface area (Å²) in [6, 6.07) is 0. The Bertz CT molecular complexity index is 425. The lowest BCUT2D eigenvalue weighted by Crippen LogP contribution is -2.53. The maximum absolute atomic E-state index is 13.6. The summed E-state index contributed by atoms with van der Waals surface area (Å²) in [5.74, 6) is -0.0754. The van der Waals surface area contributed by atoms with Gasteiger partial charge in [0.15, 0.2) is 0 Å². The largest absolute Gasteiger partial charge is 0.495 e. The zero-order valence-electron chi connectivity index (χ0n) is 11.4. The van der Waals surface area contributed by atoms with Crippen molar-refractivity contribution in [3.8, 4) is 0 Å². The minimum absolute atomic E-state index is 0.0754. The Morgan fingerprint density at radius 3 is 2.32 bits per heavy atom. The Labute approximate surface area is 112 Å². The van der Waals surface area contributed by atoms with E-state index in [1.165, 1.54) is 12.2 Å². The highest BCUT2D eigenvalue weighted by molar-refractivity contribution is 6.80. The molecule has 2 heterocycles. The minimum atomic E-state index is -4.50. The van der Waals surface area contributed by atoms with Crippen LogP contribution in [-0.2, 0) is 9.47 Å². The molecule has 0 radical (unpaired) electrons. The average Bonchev–Trinajstić information content (AvgIpc) is 3.01. The van der Waals surface area contributed by atoms with Crippen molar-refractivity contribution in [3.05, 3.63) is 24.5 Å². The van der Waals surface area contributed by atoms with Gasteiger partial charge in [0.1, 0.15) is 11.0 Å². The monoisotopic (exact) mass is 292 g/mol. The molecular weight excluding hydrogens is 273 g/mol. The maximum atomic E-state index is 13.6. The number of halogens is 3. The van der Waals surface area contributed by atoms with Gasteiger partial charge in [0.2, 0.25) is 0 Å². The van der Waals surface area contributed by atoms with Gasteiger partial charge in [-0.1, -0.05) is 25.7 Å². The molecule has 2 rings (SSSR count). The molecule has 0 bridgehead atoms. The molecule has 19 heavy (non-hydrogen) atoms. The molecule has 0 N–H and O–H groups in total. The van der Waals surface area contributed by atoms with Gasteiger partial charge >= 0.3 is 6.18 Å². The van der Waals surface area contributed by atoms with E-state index in [2.05, 4.69) is 6.58 Å². The first-order valence-corrected chi connectivity index (χ1v) is 9.86. The highest BCUT2D eigenvalue weighted by Gasteiger charge is 2.87. The fraction of sp³-hybridized carbons (Fsp3) is 0.692. The molecule has 1 fully saturated rings. The fourth-order valence-corrected chi connectivity index (χ4v) is 5.23. The molecule has 2 atom stereocenters. The Morgan fingerprint density at radius 1 is 1.37 bits per heavy atom. The van der Waals surface area contributed by atoms with Gasteiger partial charge in [-0.25, -0.2) is 0 Å². The summed E-state index contributed by atoms with van der Waals surface area (Å²) in [6.45, 7) is 9.46. The molecule has 0 aliphatic carbocycles. The van der Waals surface area contributed by atoms with Crippen molar-refractivity contribution in [2.24, 2.45) is 0 Å². The molecule has 0 aromatic rings. The number of alkyl halides is 3. The SMILES string of the molecule is C=C[C@@]1([Si](C)(C)C)O[C@]1(C1=CCCCO1)C(F)(F)F. The van der Waals surface area contributed by atoms with Crippen molar-refractivity contribution < 1.29 is 22.6 Å². The Kier molecular flexibility index (Phi) is 3.18. The maximum Gasteiger partial charge on any atom is 0.427 e. The fourth-order valence-electron chi connectivity index (χ4n) is 2.83. The summed E-state index contributed by atoms with van der Waals surface area (Å²) in [5.41, 5.74) is -2.31. The summed E-state index contributed by atoms with van der Waals surface area (Å²) < 4.78 is 51.5. The highest BCUT2D eigenvalue weighted by atomic mass is 28.3. The van der Waals surface area contributed by atoms with Crippen LogP contribution in [0.3, 0.4) is 0 Å². The molecule has 2 aliphatic heterocycles. The van der Waals surface area contributed by atoms with Crippen molar-refractivity contribution in [1.82, 2.24) is 0 Å². The number of ether oxygens (including phenoxy) is 2. The van der Waals surface area contributed by atoms with E-state index in [1.54, 1.807) is 0 Å². The van der Waals surface area contributed by atoms with Crippen LogP contribution in [-0.4, -0.2) is 31.7 Å². The van der Waals surface area contributed by atoms with Crippen LogP contribution in [0.5, 0.6) is 0 Å². The van der Waals surface area contributed by atoms with E-state index in [0.717, 1.165) is 6.42 Å². The Hall–Kier alpha value is -0.753. The van der Waals surface area contributed by atoms with Crippen LogP contribution >= 0.6 is 0 Å². The number of rotatable bonds is 3. The molecule has 0 aromatic carbocycles. The van der Waals surface area contributed by atoms with E-state index in [4.69, 9.17) is 9.47 Å². The van der Waals surface area contributed by atoms with Crippen molar-refractivity contribution in [2.75, 3.05) is 6.61 Å². The van der Waals surface area contributed by atoms with Gasteiger partial charge in [-0.2, -0.15) is 13.2 Å². The lowest BCUT2D eigenvalue weighted by Gasteiger charge is -2.30. The molecule has 6 heteroatoms. The Balaban J connectivity index is 2.52. The lowest BCUT2D eigenvalue weighted by atomic mass is 9.98. The molecule has 2 aliphatic rings. The second-order valence-electron chi connectivity index (χ2n) is 6.03. The van der Waals surface area contributed by atoms with Crippen molar-refractivity contribution in [3.63, 3.8) is 0 Å². The van der Waals surface area contributed by atoms with Gasteiger partial charge in [-0.05, 0) is 18.9 Å². The molecule has 0 spiro atoms. The van der Waals surface area contributed by atoms with Gasteiger partial charge in [-0.15, -0.1) is 6.58 Å². The smallest absolute Gasteiger partial charge is 0.427 e. The predicted molar refractivity (Wildman–Crippen MR) is 69.4 cm³/mol. The van der Waals surface area contributed by atoms with Gasteiger partial charge in [0.05, 0.1) is 14.7 Å². The predicted octanol–water partition coefficient (Wildman–Crippen LogP) is 3.81. The number of epoxide rings is 1. The quantitative estimate of drug-likeness (QED) is 0.448. The van der Waals surface area contributed by atoms with Crippen molar-refractivity contribution in [2.45, 2.75) is 49.5 Å². The van der Waals surface area contributed by atoms with Gasteiger partial charge in [-0.3, -0.25) is 0 Å². The summed E-state index contributed by atoms with van der Waals surface area (Å²) in [5, 5.41) is -1.33. The molecule has 0 aromatic heterocycles. The zero-order valence-corrected chi connectivity index (χ0v) is 12.4. The molecule has 1 saturated heterocycles. The van der Waals surface area contributed by atoms with Gasteiger partial charge < -0.3 is 9.47 Å². The van der Waals surface area contributed by atoms with E-state index in [0.29, 0.717) is 13.0 Å². The van der Waals surface area contributed by atoms with Crippen LogP contribution in [0.2, 0.25) is 19.6 Å². The van der Waals surface area contributed by atoms with E-state index in [-0.39, 0.29) is 5.76 Å². The standard InChI is InChI=1S/C13H19F3O2Si/c1-5-11(19(2,3)4)12(18-11,13(14,15)16)10-8-6-7-9-17-10/h5,8H,1,6-7,9H2,2-4H3/t11-,12-/m0/s1. The van der Waals surface area contributed by atoms with E-state index < -0.39 is 25.1 Å². The number of allylic oxidation sites excluding steroid dienone is 1. The first-order valence-electron chi connectivity index (χ1n) is 6.36. The van der Waals surface area contributed by atoms with Crippen molar-refractivity contribution >= 4 is 8.07 Å².